The van der Waals surface area contributed by atoms with E-state index in [1.165, 1.54) is 16.7 Å². The molecule has 0 aliphatic rings. The molecule has 96 valence electrons. The fourth-order valence-electron chi connectivity index (χ4n) is 2.28. The highest BCUT2D eigenvalue weighted by Crippen LogP contribution is 2.22. The van der Waals surface area contributed by atoms with Gasteiger partial charge in [0, 0.05) is 31.9 Å². The summed E-state index contributed by atoms with van der Waals surface area (Å²) < 4.78 is 2.08. The molecule has 0 aliphatic carbocycles. The summed E-state index contributed by atoms with van der Waals surface area (Å²) in [4.78, 5) is 4.40. The van der Waals surface area contributed by atoms with E-state index < -0.39 is 0 Å². The summed E-state index contributed by atoms with van der Waals surface area (Å²) in [5.74, 6) is 1.11. The first-order valence-electron chi connectivity index (χ1n) is 6.32. The van der Waals surface area contributed by atoms with Crippen molar-refractivity contribution in [1.29, 1.82) is 0 Å². The zero-order valence-electron chi connectivity index (χ0n) is 11.6. The van der Waals surface area contributed by atoms with Crippen molar-refractivity contribution in [2.45, 2.75) is 26.3 Å². The monoisotopic (exact) mass is 243 g/mol. The quantitative estimate of drug-likeness (QED) is 0.894. The topological polar surface area (TPSA) is 29.9 Å². The molecule has 0 spiro atoms. The van der Waals surface area contributed by atoms with Crippen LogP contribution < -0.4 is 5.32 Å². The summed E-state index contributed by atoms with van der Waals surface area (Å²) in [7, 11) is 4.05. The van der Waals surface area contributed by atoms with Crippen LogP contribution in [0.1, 0.15) is 28.6 Å². The predicted molar refractivity (Wildman–Crippen MR) is 74.6 cm³/mol. The number of nitrogens with zero attached hydrogens (tertiary/aromatic N) is 2. The summed E-state index contributed by atoms with van der Waals surface area (Å²) in [6.45, 7) is 4.30. The van der Waals surface area contributed by atoms with Crippen LogP contribution in [0.3, 0.4) is 0 Å². The van der Waals surface area contributed by atoms with E-state index in [1.54, 1.807) is 0 Å². The number of aromatic nitrogens is 2. The summed E-state index contributed by atoms with van der Waals surface area (Å²) >= 11 is 0. The Hall–Kier alpha value is -1.61. The number of likely N-dealkylation sites (N-methyl/N-ethyl adjacent to an activating group) is 1. The second kappa shape index (κ2) is 5.36. The Kier molecular flexibility index (Phi) is 3.82. The Labute approximate surface area is 109 Å². The lowest BCUT2D eigenvalue weighted by Gasteiger charge is -2.19. The van der Waals surface area contributed by atoms with Crippen molar-refractivity contribution in [3.8, 4) is 0 Å². The van der Waals surface area contributed by atoms with Gasteiger partial charge in [0.2, 0.25) is 0 Å². The Morgan fingerprint density at radius 2 is 2.11 bits per heavy atom. The highest BCUT2D eigenvalue weighted by molar-refractivity contribution is 5.33. The molecule has 0 fully saturated rings. The van der Waals surface area contributed by atoms with Gasteiger partial charge >= 0.3 is 0 Å². The average Bonchev–Trinajstić information content (AvgIpc) is 2.75. The molecule has 2 aromatic rings. The normalized spacial score (nSPS) is 12.7. The first-order chi connectivity index (χ1) is 8.61. The SMILES string of the molecule is CNC(Cc1nccn1C)c1cc(C)ccc1C. The second-order valence-corrected chi connectivity index (χ2v) is 4.86. The Bertz CT molecular complexity index is 528. The molecule has 0 saturated heterocycles. The molecule has 0 amide bonds. The van der Waals surface area contributed by atoms with Gasteiger partial charge in [0.15, 0.2) is 0 Å². The fourth-order valence-corrected chi connectivity index (χ4v) is 2.28. The van der Waals surface area contributed by atoms with Crippen molar-refractivity contribution in [1.82, 2.24) is 14.9 Å². The van der Waals surface area contributed by atoms with E-state index in [2.05, 4.69) is 46.9 Å². The molecule has 1 aromatic carbocycles. The Balaban J connectivity index is 2.28. The minimum absolute atomic E-state index is 0.311. The first kappa shape index (κ1) is 12.8. The number of aryl methyl sites for hydroxylation is 3. The van der Waals surface area contributed by atoms with Gasteiger partial charge in [0.25, 0.3) is 0 Å². The largest absolute Gasteiger partial charge is 0.338 e. The first-order valence-corrected chi connectivity index (χ1v) is 6.32. The smallest absolute Gasteiger partial charge is 0.110 e. The number of hydrogen-bond donors (Lipinski definition) is 1. The second-order valence-electron chi connectivity index (χ2n) is 4.86. The molecule has 1 heterocycles. The molecule has 1 aromatic heterocycles. The molecule has 2 rings (SSSR count). The van der Waals surface area contributed by atoms with Crippen LogP contribution in [0.15, 0.2) is 30.6 Å². The lowest BCUT2D eigenvalue weighted by Crippen LogP contribution is -2.21. The van der Waals surface area contributed by atoms with E-state index in [4.69, 9.17) is 0 Å². The van der Waals surface area contributed by atoms with Gasteiger partial charge in [-0.2, -0.15) is 0 Å². The van der Waals surface area contributed by atoms with Crippen LogP contribution in [0.5, 0.6) is 0 Å². The van der Waals surface area contributed by atoms with E-state index in [0.29, 0.717) is 6.04 Å². The molecule has 0 aliphatic heterocycles. The molecule has 0 bridgehead atoms. The van der Waals surface area contributed by atoms with E-state index in [9.17, 15) is 0 Å². The van der Waals surface area contributed by atoms with Crippen LogP contribution >= 0.6 is 0 Å². The molecule has 1 unspecified atom stereocenters. The molecule has 1 atom stereocenters. The van der Waals surface area contributed by atoms with Gasteiger partial charge in [-0.05, 0) is 32.0 Å². The average molecular weight is 243 g/mol. The number of imidazole rings is 1. The lowest BCUT2D eigenvalue weighted by atomic mass is 9.96. The highest BCUT2D eigenvalue weighted by atomic mass is 15.0. The third kappa shape index (κ3) is 2.62. The van der Waals surface area contributed by atoms with Crippen LogP contribution in [0.25, 0.3) is 0 Å². The maximum atomic E-state index is 4.40. The summed E-state index contributed by atoms with van der Waals surface area (Å²) in [5.41, 5.74) is 3.99. The van der Waals surface area contributed by atoms with Crippen molar-refractivity contribution in [3.05, 3.63) is 53.1 Å². The zero-order valence-corrected chi connectivity index (χ0v) is 11.6. The minimum atomic E-state index is 0.311. The maximum absolute atomic E-state index is 4.40. The maximum Gasteiger partial charge on any atom is 0.110 e. The van der Waals surface area contributed by atoms with Crippen molar-refractivity contribution < 1.29 is 0 Å². The van der Waals surface area contributed by atoms with Crippen LogP contribution in [0.2, 0.25) is 0 Å². The summed E-state index contributed by atoms with van der Waals surface area (Å²) in [6.07, 6.45) is 4.75. The van der Waals surface area contributed by atoms with Crippen molar-refractivity contribution in [3.63, 3.8) is 0 Å². The Morgan fingerprint density at radius 3 is 2.72 bits per heavy atom. The van der Waals surface area contributed by atoms with E-state index in [0.717, 1.165) is 12.2 Å². The van der Waals surface area contributed by atoms with Gasteiger partial charge in [-0.15, -0.1) is 0 Å². The van der Waals surface area contributed by atoms with Crippen LogP contribution in [0.4, 0.5) is 0 Å². The summed E-state index contributed by atoms with van der Waals surface area (Å²) in [6, 6.07) is 6.92. The van der Waals surface area contributed by atoms with Crippen LogP contribution in [0, 0.1) is 13.8 Å². The molecular weight excluding hydrogens is 222 g/mol. The highest BCUT2D eigenvalue weighted by Gasteiger charge is 2.14. The van der Waals surface area contributed by atoms with Gasteiger partial charge < -0.3 is 9.88 Å². The van der Waals surface area contributed by atoms with Gasteiger partial charge in [0.1, 0.15) is 5.82 Å². The molecule has 0 radical (unpaired) electrons. The molecule has 3 nitrogen and oxygen atoms in total. The van der Waals surface area contributed by atoms with E-state index in [-0.39, 0.29) is 0 Å². The third-order valence-electron chi connectivity index (χ3n) is 3.47. The van der Waals surface area contributed by atoms with Crippen molar-refractivity contribution in [2.24, 2.45) is 7.05 Å². The number of rotatable bonds is 4. The van der Waals surface area contributed by atoms with Gasteiger partial charge in [0.05, 0.1) is 0 Å². The number of benzene rings is 1. The molecule has 3 heteroatoms. The molecular formula is C15H21N3. The zero-order chi connectivity index (χ0) is 13.1. The van der Waals surface area contributed by atoms with Gasteiger partial charge in [-0.25, -0.2) is 4.98 Å². The van der Waals surface area contributed by atoms with Crippen LogP contribution in [-0.4, -0.2) is 16.6 Å². The van der Waals surface area contributed by atoms with E-state index >= 15 is 0 Å². The van der Waals surface area contributed by atoms with E-state index in [1.807, 2.05) is 26.5 Å². The standard InChI is InChI=1S/C15H21N3/c1-11-5-6-12(2)13(9-11)14(16-3)10-15-17-7-8-18(15)4/h5-9,14,16H,10H2,1-4H3. The third-order valence-corrected chi connectivity index (χ3v) is 3.47. The minimum Gasteiger partial charge on any atom is -0.338 e. The molecule has 0 saturated carbocycles. The number of hydrogen-bond acceptors (Lipinski definition) is 2. The van der Waals surface area contributed by atoms with Gasteiger partial charge in [-0.1, -0.05) is 23.8 Å². The molecule has 1 N–H and O–H groups in total. The predicted octanol–water partition coefficient (Wildman–Crippen LogP) is 2.54. The fraction of sp³-hybridized carbons (Fsp3) is 0.400. The summed E-state index contributed by atoms with van der Waals surface area (Å²) in [5, 5.41) is 3.40. The van der Waals surface area contributed by atoms with Gasteiger partial charge in [-0.3, -0.25) is 0 Å². The Morgan fingerprint density at radius 1 is 1.33 bits per heavy atom. The number of nitrogens with one attached hydrogen (secondary N) is 1. The van der Waals surface area contributed by atoms with Crippen molar-refractivity contribution in [2.75, 3.05) is 7.05 Å². The lowest BCUT2D eigenvalue weighted by molar-refractivity contribution is 0.561. The molecule has 18 heavy (non-hydrogen) atoms. The van der Waals surface area contributed by atoms with Crippen LogP contribution in [-0.2, 0) is 13.5 Å². The van der Waals surface area contributed by atoms with Crippen molar-refractivity contribution >= 4 is 0 Å².